The SMILES string of the molecule is N=C(n1nc(-c2ccc(C(N)=O)cc2)ccc1=N)C(F)(F)c1ccc2ncccc2c1. The number of primary amides is 1. The molecule has 0 aliphatic carbocycles. The molecular formula is C22H16F2N6O. The standard InChI is InChI=1S/C22H16F2N6O/c23-22(24,16-7-8-17-15(12-16)2-1-11-28-17)21(27)30-19(25)10-9-18(29-30)13-3-5-14(6-4-13)20(26)31/h1-12,25,27H,(H2,26,31). The summed E-state index contributed by atoms with van der Waals surface area (Å²) >= 11 is 0. The molecule has 0 atom stereocenters. The van der Waals surface area contributed by atoms with Crippen LogP contribution in [0.5, 0.6) is 0 Å². The maximum Gasteiger partial charge on any atom is 0.331 e. The second-order valence-electron chi connectivity index (χ2n) is 6.79. The molecule has 2 heterocycles. The number of nitrogens with zero attached hydrogens (tertiary/aromatic N) is 3. The Morgan fingerprint density at radius 2 is 1.77 bits per heavy atom. The lowest BCUT2D eigenvalue weighted by atomic mass is 10.0. The molecule has 0 aliphatic rings. The lowest BCUT2D eigenvalue weighted by Crippen LogP contribution is -2.39. The normalized spacial score (nSPS) is 11.4. The number of hydrogen-bond donors (Lipinski definition) is 3. The number of nitrogens with one attached hydrogen (secondary N) is 2. The third-order valence-corrected chi connectivity index (χ3v) is 4.77. The van der Waals surface area contributed by atoms with Crippen LogP contribution < -0.4 is 11.2 Å². The molecule has 0 saturated heterocycles. The van der Waals surface area contributed by atoms with Gasteiger partial charge in [-0.3, -0.25) is 20.6 Å². The molecule has 1 amide bonds. The Balaban J connectivity index is 1.73. The maximum absolute atomic E-state index is 15.2. The summed E-state index contributed by atoms with van der Waals surface area (Å²) in [5, 5.41) is 20.7. The van der Waals surface area contributed by atoms with E-state index in [0.717, 1.165) is 0 Å². The molecule has 0 unspecified atom stereocenters. The first-order valence-electron chi connectivity index (χ1n) is 9.15. The largest absolute Gasteiger partial charge is 0.366 e. The molecule has 0 bridgehead atoms. The van der Waals surface area contributed by atoms with E-state index in [1.54, 1.807) is 30.5 Å². The highest BCUT2D eigenvalue weighted by Crippen LogP contribution is 2.31. The van der Waals surface area contributed by atoms with Crippen LogP contribution in [0.2, 0.25) is 0 Å². The molecule has 2 aromatic heterocycles. The Bertz CT molecular complexity index is 1380. The first-order valence-corrected chi connectivity index (χ1v) is 9.15. The summed E-state index contributed by atoms with van der Waals surface area (Å²) < 4.78 is 30.9. The van der Waals surface area contributed by atoms with Gasteiger partial charge >= 0.3 is 5.92 Å². The number of benzene rings is 2. The highest BCUT2D eigenvalue weighted by molar-refractivity contribution is 5.93. The monoisotopic (exact) mass is 418 g/mol. The molecule has 4 rings (SSSR count). The van der Waals surface area contributed by atoms with E-state index in [2.05, 4.69) is 10.1 Å². The van der Waals surface area contributed by atoms with Gasteiger partial charge in [-0.2, -0.15) is 18.6 Å². The number of fused-ring (bicyclic) bond motifs is 1. The predicted molar refractivity (Wildman–Crippen MR) is 111 cm³/mol. The molecule has 7 nitrogen and oxygen atoms in total. The second kappa shape index (κ2) is 7.52. The molecule has 0 spiro atoms. The van der Waals surface area contributed by atoms with Crippen LogP contribution in [-0.4, -0.2) is 26.5 Å². The van der Waals surface area contributed by atoms with Crippen molar-refractivity contribution in [2.75, 3.05) is 0 Å². The Morgan fingerprint density at radius 3 is 2.48 bits per heavy atom. The van der Waals surface area contributed by atoms with E-state index in [1.807, 2.05) is 0 Å². The van der Waals surface area contributed by atoms with Crippen LogP contribution in [-0.2, 0) is 5.92 Å². The third-order valence-electron chi connectivity index (χ3n) is 4.77. The van der Waals surface area contributed by atoms with E-state index >= 15 is 8.78 Å². The van der Waals surface area contributed by atoms with E-state index < -0.39 is 23.2 Å². The van der Waals surface area contributed by atoms with E-state index in [0.29, 0.717) is 26.7 Å². The van der Waals surface area contributed by atoms with Crippen molar-refractivity contribution in [1.29, 1.82) is 10.8 Å². The minimum atomic E-state index is -3.70. The zero-order valence-corrected chi connectivity index (χ0v) is 16.0. The number of nitrogens with two attached hydrogens (primary N) is 1. The summed E-state index contributed by atoms with van der Waals surface area (Å²) in [5.41, 5.74) is 6.08. The zero-order valence-electron chi connectivity index (χ0n) is 16.0. The Kier molecular flexibility index (Phi) is 4.86. The number of carbonyl (C=O) groups excluding carboxylic acids is 1. The van der Waals surface area contributed by atoms with Gasteiger partial charge in [0.25, 0.3) is 0 Å². The van der Waals surface area contributed by atoms with Gasteiger partial charge in [0, 0.05) is 28.3 Å². The van der Waals surface area contributed by atoms with Gasteiger partial charge in [0.05, 0.1) is 11.2 Å². The number of halogens is 2. The number of carbonyl (C=O) groups is 1. The lowest BCUT2D eigenvalue weighted by Gasteiger charge is -2.19. The molecule has 0 saturated carbocycles. The van der Waals surface area contributed by atoms with E-state index in [4.69, 9.17) is 16.6 Å². The van der Waals surface area contributed by atoms with E-state index in [-0.39, 0.29) is 11.2 Å². The number of rotatable bonds is 4. The van der Waals surface area contributed by atoms with Crippen LogP contribution >= 0.6 is 0 Å². The van der Waals surface area contributed by atoms with Crippen LogP contribution in [0.3, 0.4) is 0 Å². The van der Waals surface area contributed by atoms with Crippen molar-refractivity contribution in [3.63, 3.8) is 0 Å². The van der Waals surface area contributed by atoms with Gasteiger partial charge in [0.1, 0.15) is 5.49 Å². The molecule has 154 valence electrons. The third kappa shape index (κ3) is 3.68. The topological polar surface area (TPSA) is 121 Å². The molecular weight excluding hydrogens is 402 g/mol. The molecule has 0 fully saturated rings. The smallest absolute Gasteiger partial charge is 0.331 e. The number of pyridine rings is 1. The highest BCUT2D eigenvalue weighted by atomic mass is 19.3. The summed E-state index contributed by atoms with van der Waals surface area (Å²) in [7, 11) is 0. The first kappa shape index (κ1) is 20.0. The van der Waals surface area contributed by atoms with Crippen LogP contribution in [0.25, 0.3) is 22.2 Å². The molecule has 9 heteroatoms. The molecule has 4 N–H and O–H groups in total. The number of alkyl halides is 2. The van der Waals surface area contributed by atoms with E-state index in [9.17, 15) is 4.79 Å². The fourth-order valence-corrected chi connectivity index (χ4v) is 3.09. The van der Waals surface area contributed by atoms with Gasteiger partial charge in [0.2, 0.25) is 5.91 Å². The van der Waals surface area contributed by atoms with E-state index in [1.165, 1.54) is 42.5 Å². The minimum Gasteiger partial charge on any atom is -0.366 e. The minimum absolute atomic E-state index is 0.260. The van der Waals surface area contributed by atoms with Crippen LogP contribution in [0, 0.1) is 10.8 Å². The molecule has 2 aromatic carbocycles. The maximum atomic E-state index is 15.2. The summed E-state index contributed by atoms with van der Waals surface area (Å²) in [5.74, 6) is -5.45. The van der Waals surface area contributed by atoms with Gasteiger partial charge in [-0.05, 0) is 42.5 Å². The van der Waals surface area contributed by atoms with Gasteiger partial charge in [-0.1, -0.05) is 24.3 Å². The average Bonchev–Trinajstić information content (AvgIpc) is 2.78. The van der Waals surface area contributed by atoms with Crippen molar-refractivity contribution in [3.05, 3.63) is 89.5 Å². The van der Waals surface area contributed by atoms with Gasteiger partial charge in [-0.25, -0.2) is 0 Å². The summed E-state index contributed by atoms with van der Waals surface area (Å²) in [6, 6.07) is 16.1. The first-order chi connectivity index (χ1) is 14.8. The summed E-state index contributed by atoms with van der Waals surface area (Å²) in [4.78, 5) is 15.3. The van der Waals surface area contributed by atoms with Crippen LogP contribution in [0.4, 0.5) is 8.78 Å². The van der Waals surface area contributed by atoms with Gasteiger partial charge < -0.3 is 5.73 Å². The average molecular weight is 418 g/mol. The quantitative estimate of drug-likeness (QED) is 0.348. The molecule has 31 heavy (non-hydrogen) atoms. The Labute approximate surface area is 174 Å². The molecule has 0 radical (unpaired) electrons. The fourth-order valence-electron chi connectivity index (χ4n) is 3.09. The van der Waals surface area contributed by atoms with Crippen LogP contribution in [0.15, 0.2) is 72.9 Å². The number of hydrogen-bond acceptors (Lipinski definition) is 5. The van der Waals surface area contributed by atoms with Crippen molar-refractivity contribution in [2.45, 2.75) is 5.92 Å². The van der Waals surface area contributed by atoms with Crippen molar-refractivity contribution in [3.8, 4) is 11.3 Å². The fraction of sp³-hybridized carbons (Fsp3) is 0.0455. The summed E-state index contributed by atoms with van der Waals surface area (Å²) in [6.45, 7) is 0. The molecule has 0 aliphatic heterocycles. The zero-order chi connectivity index (χ0) is 22.2. The highest BCUT2D eigenvalue weighted by Gasteiger charge is 2.39. The molecule has 4 aromatic rings. The van der Waals surface area contributed by atoms with Crippen molar-refractivity contribution < 1.29 is 13.6 Å². The van der Waals surface area contributed by atoms with Crippen molar-refractivity contribution in [2.24, 2.45) is 5.73 Å². The Hall–Kier alpha value is -4.27. The lowest BCUT2D eigenvalue weighted by molar-refractivity contribution is 0.0697. The second-order valence-corrected chi connectivity index (χ2v) is 6.79. The number of aromatic nitrogens is 3. The van der Waals surface area contributed by atoms with Crippen molar-refractivity contribution >= 4 is 22.6 Å². The van der Waals surface area contributed by atoms with Gasteiger partial charge in [-0.15, -0.1) is 0 Å². The van der Waals surface area contributed by atoms with Crippen molar-refractivity contribution in [1.82, 2.24) is 14.8 Å². The summed E-state index contributed by atoms with van der Waals surface area (Å²) in [6.07, 6.45) is 1.57. The van der Waals surface area contributed by atoms with Gasteiger partial charge in [0.15, 0.2) is 5.84 Å². The number of amides is 1. The Morgan fingerprint density at radius 1 is 1.03 bits per heavy atom. The predicted octanol–water partition coefficient (Wildman–Crippen LogP) is 3.29. The van der Waals surface area contributed by atoms with Crippen LogP contribution in [0.1, 0.15) is 15.9 Å².